The first-order valence-electron chi connectivity index (χ1n) is 7.89. The van der Waals surface area contributed by atoms with Crippen LogP contribution in [-0.2, 0) is 6.61 Å². The molecule has 0 radical (unpaired) electrons. The predicted octanol–water partition coefficient (Wildman–Crippen LogP) is 4.03. The first kappa shape index (κ1) is 19.5. The van der Waals surface area contributed by atoms with Gasteiger partial charge in [0.2, 0.25) is 5.82 Å². The Morgan fingerprint density at radius 2 is 1.93 bits per heavy atom. The average molecular weight is 403 g/mol. The van der Waals surface area contributed by atoms with Crippen molar-refractivity contribution < 1.29 is 17.9 Å². The monoisotopic (exact) mass is 403 g/mol. The van der Waals surface area contributed by atoms with Crippen LogP contribution in [0.4, 0.5) is 13.2 Å². The van der Waals surface area contributed by atoms with Crippen LogP contribution in [0.1, 0.15) is 11.1 Å². The second-order valence-electron chi connectivity index (χ2n) is 5.53. The van der Waals surface area contributed by atoms with Crippen LogP contribution in [0.2, 0.25) is 0 Å². The fourth-order valence-electron chi connectivity index (χ4n) is 2.50. The third-order valence-corrected chi connectivity index (χ3v) is 4.44. The Morgan fingerprint density at radius 1 is 1.18 bits per heavy atom. The lowest BCUT2D eigenvalue weighted by Crippen LogP contribution is -2.15. The molecule has 0 saturated heterocycles. The van der Waals surface area contributed by atoms with Crippen LogP contribution < -0.4 is 10.3 Å². The van der Waals surface area contributed by atoms with Crippen LogP contribution >= 0.6 is 11.8 Å². The molecule has 0 unspecified atom stereocenters. The van der Waals surface area contributed by atoms with Crippen LogP contribution in [0.25, 0.3) is 11.3 Å². The van der Waals surface area contributed by atoms with Crippen molar-refractivity contribution in [3.05, 3.63) is 75.3 Å². The molecule has 0 bridgehead atoms. The fourth-order valence-corrected chi connectivity index (χ4v) is 2.88. The zero-order chi connectivity index (χ0) is 20.3. The molecule has 142 valence electrons. The van der Waals surface area contributed by atoms with Gasteiger partial charge in [0.15, 0.2) is 22.5 Å². The molecule has 0 aliphatic rings. The minimum atomic E-state index is -1.63. The van der Waals surface area contributed by atoms with E-state index >= 15 is 0 Å². The number of hydrogen-bond acceptors (Lipinski definition) is 5. The third kappa shape index (κ3) is 3.73. The lowest BCUT2D eigenvalue weighted by molar-refractivity contribution is 0.282. The number of nitriles is 1. The lowest BCUT2D eigenvalue weighted by Gasteiger charge is -2.13. The van der Waals surface area contributed by atoms with Crippen molar-refractivity contribution in [3.63, 3.8) is 0 Å². The molecule has 0 fully saturated rings. The molecule has 3 rings (SSSR count). The molecule has 0 amide bonds. The van der Waals surface area contributed by atoms with Gasteiger partial charge in [-0.3, -0.25) is 4.79 Å². The van der Waals surface area contributed by atoms with Crippen LogP contribution in [-0.4, -0.2) is 16.2 Å². The first-order valence-corrected chi connectivity index (χ1v) is 9.11. The van der Waals surface area contributed by atoms with Crippen LogP contribution in [0, 0.1) is 28.8 Å². The quantitative estimate of drug-likeness (QED) is 0.395. The number of halogens is 3. The highest BCUT2D eigenvalue weighted by Crippen LogP contribution is 2.27. The van der Waals surface area contributed by atoms with E-state index in [2.05, 4.69) is 9.97 Å². The van der Waals surface area contributed by atoms with E-state index in [4.69, 9.17) is 4.74 Å². The van der Waals surface area contributed by atoms with Crippen molar-refractivity contribution in [1.29, 1.82) is 5.26 Å². The van der Waals surface area contributed by atoms with Crippen molar-refractivity contribution in [1.82, 2.24) is 9.97 Å². The highest BCUT2D eigenvalue weighted by atomic mass is 32.2. The number of aromatic nitrogens is 2. The molecule has 2 aromatic carbocycles. The van der Waals surface area contributed by atoms with Gasteiger partial charge in [-0.2, -0.15) is 9.65 Å². The van der Waals surface area contributed by atoms with E-state index < -0.39 is 28.8 Å². The maximum absolute atomic E-state index is 13.8. The standard InChI is InChI=1S/C19H12F3N3O2S/c1-28-19-24-17(12(8-23)18(26)25-19)11-5-3-2-4-10(11)9-27-14-7-6-13(20)15(21)16(14)22/h2-7H,9H2,1H3,(H,24,25,26). The Balaban J connectivity index is 2.02. The second kappa shape index (κ2) is 8.19. The SMILES string of the molecule is CSc1nc(-c2ccccc2COc2ccc(F)c(F)c2F)c(C#N)c(=O)[nH]1. The maximum Gasteiger partial charge on any atom is 0.270 e. The smallest absolute Gasteiger partial charge is 0.270 e. The number of nitrogens with one attached hydrogen (secondary N) is 1. The number of ether oxygens (including phenoxy) is 1. The summed E-state index contributed by atoms with van der Waals surface area (Å²) in [5, 5.41) is 9.66. The van der Waals surface area contributed by atoms with Gasteiger partial charge in [0.25, 0.3) is 5.56 Å². The molecule has 0 aliphatic heterocycles. The Bertz CT molecular complexity index is 1140. The van der Waals surface area contributed by atoms with E-state index in [0.717, 1.165) is 12.1 Å². The molecular weight excluding hydrogens is 391 g/mol. The second-order valence-corrected chi connectivity index (χ2v) is 6.32. The largest absolute Gasteiger partial charge is 0.486 e. The van der Waals surface area contributed by atoms with E-state index in [-0.39, 0.29) is 17.9 Å². The van der Waals surface area contributed by atoms with Gasteiger partial charge in [0.1, 0.15) is 18.2 Å². The Kier molecular flexibility index (Phi) is 5.70. The van der Waals surface area contributed by atoms with Crippen molar-refractivity contribution in [2.75, 3.05) is 6.26 Å². The van der Waals surface area contributed by atoms with Gasteiger partial charge >= 0.3 is 0 Å². The number of nitrogens with zero attached hydrogens (tertiary/aromatic N) is 2. The average Bonchev–Trinajstić information content (AvgIpc) is 2.71. The molecule has 1 N–H and O–H groups in total. The van der Waals surface area contributed by atoms with Gasteiger partial charge in [0, 0.05) is 5.56 Å². The Hall–Kier alpha value is -3.25. The van der Waals surface area contributed by atoms with E-state index in [1.807, 2.05) is 6.07 Å². The fraction of sp³-hybridized carbons (Fsp3) is 0.105. The zero-order valence-electron chi connectivity index (χ0n) is 14.4. The molecule has 0 spiro atoms. The summed E-state index contributed by atoms with van der Waals surface area (Å²) in [6, 6.07) is 10.2. The Labute approximate surface area is 161 Å². The highest BCUT2D eigenvalue weighted by Gasteiger charge is 2.18. The summed E-state index contributed by atoms with van der Waals surface area (Å²) in [5.74, 6) is -4.84. The summed E-state index contributed by atoms with van der Waals surface area (Å²) in [5.41, 5.74) is 0.306. The van der Waals surface area contributed by atoms with Crippen molar-refractivity contribution in [3.8, 4) is 23.1 Å². The zero-order valence-corrected chi connectivity index (χ0v) is 15.2. The molecule has 3 aromatic rings. The topological polar surface area (TPSA) is 78.8 Å². The Morgan fingerprint density at radius 3 is 2.64 bits per heavy atom. The molecule has 1 aromatic heterocycles. The van der Waals surface area contributed by atoms with E-state index in [9.17, 15) is 23.2 Å². The van der Waals surface area contributed by atoms with Gasteiger partial charge in [-0.25, -0.2) is 13.8 Å². The normalized spacial score (nSPS) is 10.5. The highest BCUT2D eigenvalue weighted by molar-refractivity contribution is 7.98. The number of H-pyrrole nitrogens is 1. The maximum atomic E-state index is 13.8. The predicted molar refractivity (Wildman–Crippen MR) is 97.4 cm³/mol. The van der Waals surface area contributed by atoms with Gasteiger partial charge < -0.3 is 9.72 Å². The molecule has 5 nitrogen and oxygen atoms in total. The first-order chi connectivity index (χ1) is 13.5. The number of thioether (sulfide) groups is 1. The van der Waals surface area contributed by atoms with Crippen molar-refractivity contribution >= 4 is 11.8 Å². The minimum Gasteiger partial charge on any atom is -0.486 e. The van der Waals surface area contributed by atoms with E-state index in [1.54, 1.807) is 30.5 Å². The van der Waals surface area contributed by atoms with Gasteiger partial charge in [-0.15, -0.1) is 0 Å². The summed E-state index contributed by atoms with van der Waals surface area (Å²) >= 11 is 1.20. The summed E-state index contributed by atoms with van der Waals surface area (Å²) in [4.78, 5) is 18.9. The molecular formula is C19H12F3N3O2S. The van der Waals surface area contributed by atoms with Crippen molar-refractivity contribution in [2.45, 2.75) is 11.8 Å². The lowest BCUT2D eigenvalue weighted by atomic mass is 10.0. The molecule has 0 saturated carbocycles. The van der Waals surface area contributed by atoms with Crippen LogP contribution in [0.15, 0.2) is 46.3 Å². The summed E-state index contributed by atoms with van der Waals surface area (Å²) in [6.45, 7) is -0.216. The number of benzene rings is 2. The number of aromatic amines is 1. The van der Waals surface area contributed by atoms with Gasteiger partial charge in [-0.05, 0) is 24.0 Å². The summed E-state index contributed by atoms with van der Waals surface area (Å²) in [6.07, 6.45) is 1.72. The summed E-state index contributed by atoms with van der Waals surface area (Å²) in [7, 11) is 0. The third-order valence-electron chi connectivity index (χ3n) is 3.86. The number of hydrogen-bond donors (Lipinski definition) is 1. The molecule has 9 heteroatoms. The summed E-state index contributed by atoms with van der Waals surface area (Å²) < 4.78 is 45.5. The molecule has 1 heterocycles. The van der Waals surface area contributed by atoms with Crippen molar-refractivity contribution in [2.24, 2.45) is 0 Å². The van der Waals surface area contributed by atoms with E-state index in [1.165, 1.54) is 11.8 Å². The van der Waals surface area contributed by atoms with Crippen LogP contribution in [0.3, 0.4) is 0 Å². The van der Waals surface area contributed by atoms with E-state index in [0.29, 0.717) is 16.3 Å². The molecule has 0 atom stereocenters. The molecule has 28 heavy (non-hydrogen) atoms. The number of rotatable bonds is 5. The van der Waals surface area contributed by atoms with Gasteiger partial charge in [0.05, 0.1) is 5.69 Å². The molecule has 0 aliphatic carbocycles. The van der Waals surface area contributed by atoms with Crippen LogP contribution in [0.5, 0.6) is 5.75 Å². The van der Waals surface area contributed by atoms with Gasteiger partial charge in [-0.1, -0.05) is 36.0 Å². The minimum absolute atomic E-state index is 0.153.